The molecule has 1 fully saturated rings. The molecule has 23 heavy (non-hydrogen) atoms. The minimum atomic E-state index is -0.493. The zero-order valence-electron chi connectivity index (χ0n) is 12.8. The Bertz CT molecular complexity index is 721. The highest BCUT2D eigenvalue weighted by molar-refractivity contribution is 5.92. The second-order valence-electron chi connectivity index (χ2n) is 6.03. The van der Waals surface area contributed by atoms with Crippen molar-refractivity contribution in [2.24, 2.45) is 0 Å². The zero-order valence-corrected chi connectivity index (χ0v) is 12.8. The van der Waals surface area contributed by atoms with Gasteiger partial charge < -0.3 is 19.3 Å². The molecule has 6 heteroatoms. The fraction of sp³-hybridized carbons (Fsp3) is 0.412. The first-order valence-electron chi connectivity index (χ1n) is 7.90. The lowest BCUT2D eigenvalue weighted by Gasteiger charge is -2.26. The third-order valence-electron chi connectivity index (χ3n) is 4.61. The molecule has 120 valence electrons. The van der Waals surface area contributed by atoms with E-state index < -0.39 is 6.10 Å². The lowest BCUT2D eigenvalue weighted by molar-refractivity contribution is 0.0299. The zero-order chi connectivity index (χ0) is 15.8. The highest BCUT2D eigenvalue weighted by Gasteiger charge is 2.32. The van der Waals surface area contributed by atoms with Crippen LogP contribution in [0.4, 0.5) is 0 Å². The third kappa shape index (κ3) is 2.54. The molecule has 1 aliphatic carbocycles. The van der Waals surface area contributed by atoms with Crippen LogP contribution >= 0.6 is 0 Å². The molecule has 1 aromatic heterocycles. The van der Waals surface area contributed by atoms with Gasteiger partial charge in [-0.25, -0.2) is 4.98 Å². The highest BCUT2D eigenvalue weighted by atomic mass is 16.5. The average molecular weight is 313 g/mol. The Morgan fingerprint density at radius 1 is 1.26 bits per heavy atom. The molecule has 0 unspecified atom stereocenters. The van der Waals surface area contributed by atoms with Crippen LogP contribution in [0.25, 0.3) is 0 Å². The SMILES string of the molecule is O=C(c1cn([C@H]2c3ccccc3C[C@H]2O)cn1)N1CCOCC1. The lowest BCUT2D eigenvalue weighted by Crippen LogP contribution is -2.40. The van der Waals surface area contributed by atoms with Crippen molar-refractivity contribution < 1.29 is 14.6 Å². The maximum atomic E-state index is 12.5. The molecule has 6 nitrogen and oxygen atoms in total. The van der Waals surface area contributed by atoms with Crippen molar-refractivity contribution in [3.8, 4) is 0 Å². The molecule has 2 heterocycles. The number of aliphatic hydroxyl groups excluding tert-OH is 1. The summed E-state index contributed by atoms with van der Waals surface area (Å²) in [5, 5.41) is 10.4. The molecule has 2 atom stereocenters. The fourth-order valence-corrected chi connectivity index (χ4v) is 3.44. The molecule has 1 aromatic carbocycles. The van der Waals surface area contributed by atoms with Gasteiger partial charge in [0.15, 0.2) is 0 Å². The summed E-state index contributed by atoms with van der Waals surface area (Å²) in [6.07, 6.45) is 3.52. The minimum absolute atomic E-state index is 0.0761. The molecule has 2 aliphatic rings. The molecular weight excluding hydrogens is 294 g/mol. The van der Waals surface area contributed by atoms with E-state index in [9.17, 15) is 9.90 Å². The number of imidazole rings is 1. The van der Waals surface area contributed by atoms with E-state index in [4.69, 9.17) is 4.74 Å². The number of carbonyl (C=O) groups excluding carboxylic acids is 1. The van der Waals surface area contributed by atoms with E-state index in [-0.39, 0.29) is 11.9 Å². The van der Waals surface area contributed by atoms with Crippen molar-refractivity contribution in [3.63, 3.8) is 0 Å². The number of benzene rings is 1. The Morgan fingerprint density at radius 2 is 2.04 bits per heavy atom. The minimum Gasteiger partial charge on any atom is -0.390 e. The Morgan fingerprint density at radius 3 is 2.87 bits per heavy atom. The van der Waals surface area contributed by atoms with Gasteiger partial charge in [-0.3, -0.25) is 4.79 Å². The predicted molar refractivity (Wildman–Crippen MR) is 83.2 cm³/mol. The maximum Gasteiger partial charge on any atom is 0.274 e. The predicted octanol–water partition coefficient (Wildman–Crippen LogP) is 0.862. The van der Waals surface area contributed by atoms with Gasteiger partial charge in [-0.1, -0.05) is 24.3 Å². The van der Waals surface area contributed by atoms with Crippen molar-refractivity contribution >= 4 is 5.91 Å². The van der Waals surface area contributed by atoms with E-state index in [2.05, 4.69) is 4.98 Å². The first kappa shape index (κ1) is 14.4. The van der Waals surface area contributed by atoms with E-state index in [0.29, 0.717) is 38.4 Å². The highest BCUT2D eigenvalue weighted by Crippen LogP contribution is 2.34. The van der Waals surface area contributed by atoms with Crippen molar-refractivity contribution in [1.82, 2.24) is 14.5 Å². The number of nitrogens with zero attached hydrogens (tertiary/aromatic N) is 3. The summed E-state index contributed by atoms with van der Waals surface area (Å²) in [6, 6.07) is 7.84. The second-order valence-corrected chi connectivity index (χ2v) is 6.03. The van der Waals surface area contributed by atoms with Crippen LogP contribution in [0.15, 0.2) is 36.8 Å². The van der Waals surface area contributed by atoms with Gasteiger partial charge in [0, 0.05) is 25.7 Å². The van der Waals surface area contributed by atoms with Crippen molar-refractivity contribution in [3.05, 3.63) is 53.6 Å². The lowest BCUT2D eigenvalue weighted by atomic mass is 10.1. The van der Waals surface area contributed by atoms with E-state index >= 15 is 0 Å². The molecular formula is C17H19N3O3. The summed E-state index contributed by atoms with van der Waals surface area (Å²) in [5.41, 5.74) is 2.67. The monoisotopic (exact) mass is 313 g/mol. The molecule has 1 N–H and O–H groups in total. The molecule has 1 saturated heterocycles. The molecule has 1 amide bonds. The van der Waals surface area contributed by atoms with Gasteiger partial charge in [0.1, 0.15) is 5.69 Å². The number of rotatable bonds is 2. The number of amides is 1. The Balaban J connectivity index is 1.59. The number of hydrogen-bond acceptors (Lipinski definition) is 4. The summed E-state index contributed by atoms with van der Waals surface area (Å²) in [6.45, 7) is 2.34. The molecule has 0 radical (unpaired) electrons. The van der Waals surface area contributed by atoms with E-state index in [1.807, 2.05) is 28.8 Å². The smallest absolute Gasteiger partial charge is 0.274 e. The van der Waals surface area contributed by atoms with Gasteiger partial charge in [0.2, 0.25) is 0 Å². The molecule has 2 aromatic rings. The van der Waals surface area contributed by atoms with E-state index in [1.54, 1.807) is 17.4 Å². The van der Waals surface area contributed by atoms with Gasteiger partial charge in [-0.15, -0.1) is 0 Å². The molecule has 4 rings (SSSR count). The summed E-state index contributed by atoms with van der Waals surface area (Å²) in [4.78, 5) is 18.5. The summed E-state index contributed by atoms with van der Waals surface area (Å²) in [5.74, 6) is -0.0761. The molecule has 0 bridgehead atoms. The topological polar surface area (TPSA) is 67.6 Å². The Kier molecular flexibility index (Phi) is 3.63. The second kappa shape index (κ2) is 5.79. The van der Waals surface area contributed by atoms with Gasteiger partial charge in [-0.05, 0) is 11.1 Å². The van der Waals surface area contributed by atoms with Crippen LogP contribution in [-0.4, -0.2) is 57.9 Å². The van der Waals surface area contributed by atoms with Crippen LogP contribution in [0.3, 0.4) is 0 Å². The largest absolute Gasteiger partial charge is 0.390 e. The van der Waals surface area contributed by atoms with Crippen LogP contribution in [-0.2, 0) is 11.2 Å². The molecule has 0 spiro atoms. The van der Waals surface area contributed by atoms with Crippen LogP contribution < -0.4 is 0 Å². The van der Waals surface area contributed by atoms with E-state index in [1.165, 1.54) is 0 Å². The van der Waals surface area contributed by atoms with Crippen molar-refractivity contribution in [2.75, 3.05) is 26.3 Å². The van der Waals surface area contributed by atoms with Gasteiger partial charge in [0.25, 0.3) is 5.91 Å². The maximum absolute atomic E-state index is 12.5. The van der Waals surface area contributed by atoms with Crippen molar-refractivity contribution in [1.29, 1.82) is 0 Å². The number of aliphatic hydroxyl groups is 1. The summed E-state index contributed by atoms with van der Waals surface area (Å²) < 4.78 is 7.12. The standard InChI is InChI=1S/C17H19N3O3/c21-15-9-12-3-1-2-4-13(12)16(15)20-10-14(18-11-20)17(22)19-5-7-23-8-6-19/h1-4,10-11,15-16,21H,5-9H2/t15-,16+/m1/s1. The number of hydrogen-bond donors (Lipinski definition) is 1. The van der Waals surface area contributed by atoms with Gasteiger partial charge in [-0.2, -0.15) is 0 Å². The van der Waals surface area contributed by atoms with Crippen LogP contribution in [0.2, 0.25) is 0 Å². The van der Waals surface area contributed by atoms with Crippen molar-refractivity contribution in [2.45, 2.75) is 18.6 Å². The Hall–Kier alpha value is -2.18. The van der Waals surface area contributed by atoms with Crippen LogP contribution in [0.1, 0.15) is 27.7 Å². The van der Waals surface area contributed by atoms with Gasteiger partial charge in [0.05, 0.1) is 31.7 Å². The average Bonchev–Trinajstić information content (AvgIpc) is 3.18. The number of aromatic nitrogens is 2. The third-order valence-corrected chi connectivity index (χ3v) is 4.61. The Labute approximate surface area is 134 Å². The number of fused-ring (bicyclic) bond motifs is 1. The normalized spacial score (nSPS) is 23.8. The fourth-order valence-electron chi connectivity index (χ4n) is 3.44. The molecule has 0 saturated carbocycles. The quantitative estimate of drug-likeness (QED) is 0.893. The molecule has 1 aliphatic heterocycles. The first-order chi connectivity index (χ1) is 11.2. The number of morpholine rings is 1. The first-order valence-corrected chi connectivity index (χ1v) is 7.90. The summed E-state index contributed by atoms with van der Waals surface area (Å²) >= 11 is 0. The number of carbonyl (C=O) groups is 1. The van der Waals surface area contributed by atoms with E-state index in [0.717, 1.165) is 11.1 Å². The van der Waals surface area contributed by atoms with Gasteiger partial charge >= 0.3 is 0 Å². The number of ether oxygens (including phenoxy) is 1. The van der Waals surface area contributed by atoms with Crippen LogP contribution in [0.5, 0.6) is 0 Å². The van der Waals surface area contributed by atoms with Crippen LogP contribution in [0, 0.1) is 0 Å². The summed E-state index contributed by atoms with van der Waals surface area (Å²) in [7, 11) is 0.